The number of hydrogen-bond acceptors (Lipinski definition) is 3. The molecule has 2 aromatic carbocycles. The number of aryl methyl sites for hydroxylation is 1. The quantitative estimate of drug-likeness (QED) is 0.665. The van der Waals surface area contributed by atoms with Gasteiger partial charge in [0, 0.05) is 16.6 Å². The van der Waals surface area contributed by atoms with Gasteiger partial charge in [0.25, 0.3) is 0 Å². The first-order chi connectivity index (χ1) is 13.6. The summed E-state index contributed by atoms with van der Waals surface area (Å²) in [5, 5.41) is 5.91. The fourth-order valence-electron chi connectivity index (χ4n) is 3.90. The predicted octanol–water partition coefficient (Wildman–Crippen LogP) is 3.95. The van der Waals surface area contributed by atoms with E-state index < -0.39 is 5.41 Å². The minimum absolute atomic E-state index is 0.0552. The van der Waals surface area contributed by atoms with Crippen LogP contribution in [-0.2, 0) is 21.4 Å². The Morgan fingerprint density at radius 2 is 1.93 bits per heavy atom. The maximum Gasteiger partial charge on any atom is 0.230 e. The van der Waals surface area contributed by atoms with Gasteiger partial charge in [-0.1, -0.05) is 34.5 Å². The number of fused-ring (bicyclic) bond motifs is 1. The maximum absolute atomic E-state index is 12.8. The number of hydrogen-bond donors (Lipinski definition) is 2. The van der Waals surface area contributed by atoms with Gasteiger partial charge in [-0.2, -0.15) is 0 Å². The highest BCUT2D eigenvalue weighted by Gasteiger charge is 2.45. The SMILES string of the molecule is O=C1CCc2cc(OCCNC(=O)C3(c4ccc(Br)cc4)CCC3)ccc2N1. The molecule has 1 aliphatic carbocycles. The number of amides is 2. The normalized spacial score (nSPS) is 17.1. The van der Waals surface area contributed by atoms with Gasteiger partial charge in [-0.3, -0.25) is 9.59 Å². The molecule has 5 nitrogen and oxygen atoms in total. The summed E-state index contributed by atoms with van der Waals surface area (Å²) in [4.78, 5) is 24.3. The molecule has 2 aromatic rings. The Balaban J connectivity index is 1.31. The average Bonchev–Trinajstić information content (AvgIpc) is 2.66. The Kier molecular flexibility index (Phi) is 5.40. The average molecular weight is 443 g/mol. The summed E-state index contributed by atoms with van der Waals surface area (Å²) in [6.07, 6.45) is 4.08. The molecule has 0 unspecified atom stereocenters. The number of nitrogens with one attached hydrogen (secondary N) is 2. The number of ether oxygens (including phenoxy) is 1. The molecular formula is C22H23BrN2O3. The van der Waals surface area contributed by atoms with Crippen molar-refractivity contribution in [2.45, 2.75) is 37.5 Å². The standard InChI is InChI=1S/C22H23BrN2O3/c23-17-5-3-16(4-6-17)22(10-1-11-22)21(27)24-12-13-28-18-7-8-19-15(14-18)2-9-20(26)25-19/h3-8,14H,1-2,9-13H2,(H,24,27)(H,25,26). The maximum atomic E-state index is 12.8. The molecule has 0 atom stereocenters. The molecule has 2 N–H and O–H groups in total. The van der Waals surface area contributed by atoms with Crippen LogP contribution in [0.2, 0.25) is 0 Å². The van der Waals surface area contributed by atoms with Gasteiger partial charge in [-0.05, 0) is 60.7 Å². The molecule has 146 valence electrons. The second-order valence-corrected chi connectivity index (χ2v) is 8.33. The summed E-state index contributed by atoms with van der Waals surface area (Å²) in [6, 6.07) is 13.7. The van der Waals surface area contributed by atoms with E-state index in [-0.39, 0.29) is 11.8 Å². The number of carbonyl (C=O) groups excluding carboxylic acids is 2. The second kappa shape index (κ2) is 7.95. The van der Waals surface area contributed by atoms with Gasteiger partial charge in [-0.15, -0.1) is 0 Å². The van der Waals surface area contributed by atoms with Crippen LogP contribution in [0.1, 0.15) is 36.8 Å². The Morgan fingerprint density at radius 3 is 2.64 bits per heavy atom. The molecule has 0 spiro atoms. The summed E-state index contributed by atoms with van der Waals surface area (Å²) in [7, 11) is 0. The molecule has 0 aromatic heterocycles. The Bertz CT molecular complexity index is 891. The zero-order chi connectivity index (χ0) is 19.6. The van der Waals surface area contributed by atoms with Crippen molar-refractivity contribution in [3.05, 3.63) is 58.1 Å². The summed E-state index contributed by atoms with van der Waals surface area (Å²) < 4.78 is 6.82. The van der Waals surface area contributed by atoms with E-state index in [4.69, 9.17) is 4.74 Å². The van der Waals surface area contributed by atoms with Crippen LogP contribution in [0.4, 0.5) is 5.69 Å². The fraction of sp³-hybridized carbons (Fsp3) is 0.364. The van der Waals surface area contributed by atoms with Gasteiger partial charge in [0.2, 0.25) is 11.8 Å². The van der Waals surface area contributed by atoms with Crippen molar-refractivity contribution in [3.8, 4) is 5.75 Å². The molecular weight excluding hydrogens is 420 g/mol. The molecule has 4 rings (SSSR count). The van der Waals surface area contributed by atoms with E-state index >= 15 is 0 Å². The van der Waals surface area contributed by atoms with E-state index in [9.17, 15) is 9.59 Å². The van der Waals surface area contributed by atoms with E-state index in [0.29, 0.717) is 19.6 Å². The lowest BCUT2D eigenvalue weighted by atomic mass is 9.64. The van der Waals surface area contributed by atoms with Crippen LogP contribution in [0.5, 0.6) is 5.75 Å². The Morgan fingerprint density at radius 1 is 1.14 bits per heavy atom. The first-order valence-electron chi connectivity index (χ1n) is 9.67. The zero-order valence-corrected chi connectivity index (χ0v) is 17.2. The third-order valence-corrected chi connectivity index (χ3v) is 6.20. The van der Waals surface area contributed by atoms with Gasteiger partial charge in [-0.25, -0.2) is 0 Å². The van der Waals surface area contributed by atoms with Crippen molar-refractivity contribution in [2.24, 2.45) is 0 Å². The topological polar surface area (TPSA) is 67.4 Å². The highest BCUT2D eigenvalue weighted by molar-refractivity contribution is 9.10. The van der Waals surface area contributed by atoms with Gasteiger partial charge in [0.05, 0.1) is 12.0 Å². The number of halogens is 1. The summed E-state index contributed by atoms with van der Waals surface area (Å²) in [5.74, 6) is 0.896. The second-order valence-electron chi connectivity index (χ2n) is 7.41. The first kappa shape index (κ1) is 19.0. The third-order valence-electron chi connectivity index (χ3n) is 5.67. The minimum atomic E-state index is -0.398. The molecule has 2 amide bonds. The van der Waals surface area contributed by atoms with Crippen LogP contribution in [0.3, 0.4) is 0 Å². The molecule has 2 aliphatic rings. The van der Waals surface area contributed by atoms with Crippen LogP contribution in [0, 0.1) is 0 Å². The lowest BCUT2D eigenvalue weighted by molar-refractivity contribution is -0.130. The number of carbonyl (C=O) groups is 2. The molecule has 1 saturated carbocycles. The van der Waals surface area contributed by atoms with Crippen molar-refractivity contribution in [1.82, 2.24) is 5.32 Å². The largest absolute Gasteiger partial charge is 0.492 e. The fourth-order valence-corrected chi connectivity index (χ4v) is 4.16. The van der Waals surface area contributed by atoms with Crippen molar-refractivity contribution < 1.29 is 14.3 Å². The van der Waals surface area contributed by atoms with Gasteiger partial charge < -0.3 is 15.4 Å². The van der Waals surface area contributed by atoms with Crippen molar-refractivity contribution in [3.63, 3.8) is 0 Å². The minimum Gasteiger partial charge on any atom is -0.492 e. The number of rotatable bonds is 6. The lowest BCUT2D eigenvalue weighted by Crippen LogP contribution is -2.50. The molecule has 1 heterocycles. The van der Waals surface area contributed by atoms with Crippen LogP contribution in [0.25, 0.3) is 0 Å². The molecule has 6 heteroatoms. The molecule has 0 radical (unpaired) electrons. The summed E-state index contributed by atoms with van der Waals surface area (Å²) in [6.45, 7) is 0.873. The van der Waals surface area contributed by atoms with Gasteiger partial charge in [0.1, 0.15) is 12.4 Å². The van der Waals surface area contributed by atoms with Gasteiger partial charge >= 0.3 is 0 Å². The van der Waals surface area contributed by atoms with Crippen LogP contribution in [-0.4, -0.2) is 25.0 Å². The molecule has 1 fully saturated rings. The van der Waals surface area contributed by atoms with E-state index in [2.05, 4.69) is 26.6 Å². The van der Waals surface area contributed by atoms with Crippen LogP contribution < -0.4 is 15.4 Å². The Labute approximate surface area is 173 Å². The zero-order valence-electron chi connectivity index (χ0n) is 15.6. The van der Waals surface area contributed by atoms with E-state index in [1.165, 1.54) is 0 Å². The van der Waals surface area contributed by atoms with E-state index in [1.807, 2.05) is 42.5 Å². The molecule has 1 aliphatic heterocycles. The van der Waals surface area contributed by atoms with Gasteiger partial charge in [0.15, 0.2) is 0 Å². The van der Waals surface area contributed by atoms with Crippen molar-refractivity contribution in [2.75, 3.05) is 18.5 Å². The van der Waals surface area contributed by atoms with Crippen LogP contribution in [0.15, 0.2) is 46.9 Å². The molecule has 0 saturated heterocycles. The van der Waals surface area contributed by atoms with E-state index in [1.54, 1.807) is 0 Å². The van der Waals surface area contributed by atoms with Crippen molar-refractivity contribution >= 4 is 33.4 Å². The first-order valence-corrected chi connectivity index (χ1v) is 10.5. The highest BCUT2D eigenvalue weighted by Crippen LogP contribution is 2.44. The Hall–Kier alpha value is -2.34. The summed E-state index contributed by atoms with van der Waals surface area (Å²) in [5.41, 5.74) is 2.63. The van der Waals surface area contributed by atoms with Crippen molar-refractivity contribution in [1.29, 1.82) is 0 Å². The smallest absolute Gasteiger partial charge is 0.230 e. The molecule has 28 heavy (non-hydrogen) atoms. The third kappa shape index (κ3) is 3.78. The number of anilines is 1. The summed E-state index contributed by atoms with van der Waals surface area (Å²) >= 11 is 3.45. The predicted molar refractivity (Wildman–Crippen MR) is 112 cm³/mol. The van der Waals surface area contributed by atoms with Crippen LogP contribution >= 0.6 is 15.9 Å². The highest BCUT2D eigenvalue weighted by atomic mass is 79.9. The molecule has 0 bridgehead atoms. The monoisotopic (exact) mass is 442 g/mol. The number of benzene rings is 2. The lowest BCUT2D eigenvalue weighted by Gasteiger charge is -2.40. The van der Waals surface area contributed by atoms with E-state index in [0.717, 1.165) is 52.7 Å².